The minimum absolute atomic E-state index is 0.117. The van der Waals surface area contributed by atoms with Crippen molar-refractivity contribution in [2.45, 2.75) is 45.8 Å². The monoisotopic (exact) mass is 350 g/mol. The molecule has 1 aromatic rings. The van der Waals surface area contributed by atoms with E-state index in [-0.39, 0.29) is 24.7 Å². The highest BCUT2D eigenvalue weighted by molar-refractivity contribution is 5.76. The van der Waals surface area contributed by atoms with Gasteiger partial charge in [-0.1, -0.05) is 24.3 Å². The second-order valence-corrected chi connectivity index (χ2v) is 6.69. The van der Waals surface area contributed by atoms with Crippen LogP contribution in [0.15, 0.2) is 36.9 Å². The topological polar surface area (TPSA) is 58.6 Å². The molecule has 0 aromatic heterocycles. The molecule has 138 valence electrons. The summed E-state index contributed by atoms with van der Waals surface area (Å²) in [6, 6.07) is 6.37. The number of hydrogen-bond donors (Lipinski definition) is 1. The Hall–Kier alpha value is -2.37. The molecule has 0 bridgehead atoms. The number of amides is 2. The largest absolute Gasteiger partial charge is 0.444 e. The maximum Gasteiger partial charge on any atom is 0.407 e. The molecule has 0 spiro atoms. The number of carbonyl (C=O) groups is 2. The van der Waals surface area contributed by atoms with Gasteiger partial charge in [0.1, 0.15) is 11.4 Å². The van der Waals surface area contributed by atoms with E-state index in [4.69, 9.17) is 4.74 Å². The van der Waals surface area contributed by atoms with Crippen LogP contribution in [0.2, 0.25) is 0 Å². The minimum Gasteiger partial charge on any atom is -0.444 e. The first-order chi connectivity index (χ1) is 11.7. The third kappa shape index (κ3) is 8.33. The van der Waals surface area contributed by atoms with Crippen molar-refractivity contribution in [3.8, 4) is 0 Å². The van der Waals surface area contributed by atoms with E-state index in [0.717, 1.165) is 0 Å². The SMILES string of the molecule is C=CCN(Cc1ccccc1F)C(=O)CCCNC(=O)OC(C)(C)C. The summed E-state index contributed by atoms with van der Waals surface area (Å²) >= 11 is 0. The van der Waals surface area contributed by atoms with E-state index in [9.17, 15) is 14.0 Å². The molecular weight excluding hydrogens is 323 g/mol. The third-order valence-electron chi connectivity index (χ3n) is 3.26. The Morgan fingerprint density at radius 1 is 1.32 bits per heavy atom. The van der Waals surface area contributed by atoms with E-state index in [1.54, 1.807) is 49.9 Å². The normalized spacial score (nSPS) is 10.9. The fraction of sp³-hybridized carbons (Fsp3) is 0.474. The van der Waals surface area contributed by atoms with E-state index < -0.39 is 11.7 Å². The molecule has 0 saturated heterocycles. The van der Waals surface area contributed by atoms with Crippen molar-refractivity contribution in [1.29, 1.82) is 0 Å². The van der Waals surface area contributed by atoms with Gasteiger partial charge in [0.25, 0.3) is 0 Å². The fourth-order valence-corrected chi connectivity index (χ4v) is 2.14. The van der Waals surface area contributed by atoms with Gasteiger partial charge < -0.3 is 15.0 Å². The molecule has 0 aliphatic rings. The van der Waals surface area contributed by atoms with Gasteiger partial charge in [-0.15, -0.1) is 6.58 Å². The zero-order chi connectivity index (χ0) is 18.9. The molecule has 0 radical (unpaired) electrons. The molecule has 0 fully saturated rings. The van der Waals surface area contributed by atoms with E-state index in [2.05, 4.69) is 11.9 Å². The lowest BCUT2D eigenvalue weighted by molar-refractivity contribution is -0.131. The Labute approximate surface area is 148 Å². The van der Waals surface area contributed by atoms with Gasteiger partial charge >= 0.3 is 6.09 Å². The quantitative estimate of drug-likeness (QED) is 0.575. The van der Waals surface area contributed by atoms with Crippen LogP contribution < -0.4 is 5.32 Å². The van der Waals surface area contributed by atoms with Crippen LogP contribution in [0.3, 0.4) is 0 Å². The molecular formula is C19H27FN2O3. The standard InChI is InChI=1S/C19H27FN2O3/c1-5-13-22(14-15-9-6-7-10-16(15)20)17(23)11-8-12-21-18(24)25-19(2,3)4/h5-7,9-10H,1,8,11-14H2,2-4H3,(H,21,24). The lowest BCUT2D eigenvalue weighted by Crippen LogP contribution is -2.34. The summed E-state index contributed by atoms with van der Waals surface area (Å²) in [4.78, 5) is 25.4. The van der Waals surface area contributed by atoms with Crippen molar-refractivity contribution in [3.63, 3.8) is 0 Å². The van der Waals surface area contributed by atoms with Crippen LogP contribution >= 0.6 is 0 Å². The average Bonchev–Trinajstić information content (AvgIpc) is 2.51. The highest BCUT2D eigenvalue weighted by Crippen LogP contribution is 2.11. The molecule has 1 rings (SSSR count). The molecule has 1 N–H and O–H groups in total. The zero-order valence-electron chi connectivity index (χ0n) is 15.2. The highest BCUT2D eigenvalue weighted by atomic mass is 19.1. The number of hydrogen-bond acceptors (Lipinski definition) is 3. The molecule has 1 aromatic carbocycles. The molecule has 2 amide bonds. The molecule has 0 saturated carbocycles. The molecule has 25 heavy (non-hydrogen) atoms. The van der Waals surface area contributed by atoms with E-state index in [0.29, 0.717) is 25.1 Å². The first-order valence-electron chi connectivity index (χ1n) is 8.32. The first-order valence-corrected chi connectivity index (χ1v) is 8.32. The van der Waals surface area contributed by atoms with Gasteiger partial charge in [0.2, 0.25) is 5.91 Å². The zero-order valence-corrected chi connectivity index (χ0v) is 15.2. The Balaban J connectivity index is 2.45. The van der Waals surface area contributed by atoms with Crippen molar-refractivity contribution >= 4 is 12.0 Å². The summed E-state index contributed by atoms with van der Waals surface area (Å²) in [5, 5.41) is 2.61. The summed E-state index contributed by atoms with van der Waals surface area (Å²) in [5.74, 6) is -0.454. The molecule has 0 unspecified atom stereocenters. The fourth-order valence-electron chi connectivity index (χ4n) is 2.14. The van der Waals surface area contributed by atoms with Crippen LogP contribution in [-0.2, 0) is 16.1 Å². The van der Waals surface area contributed by atoms with Crippen LogP contribution in [0.4, 0.5) is 9.18 Å². The van der Waals surface area contributed by atoms with Crippen molar-refractivity contribution in [1.82, 2.24) is 10.2 Å². The number of nitrogens with zero attached hydrogens (tertiary/aromatic N) is 1. The smallest absolute Gasteiger partial charge is 0.407 e. The molecule has 0 aliphatic heterocycles. The minimum atomic E-state index is -0.555. The van der Waals surface area contributed by atoms with Gasteiger partial charge in [-0.2, -0.15) is 0 Å². The molecule has 0 aliphatic carbocycles. The van der Waals surface area contributed by atoms with Crippen LogP contribution in [0.5, 0.6) is 0 Å². The van der Waals surface area contributed by atoms with Gasteiger partial charge in [0, 0.05) is 31.6 Å². The predicted molar refractivity (Wildman–Crippen MR) is 95.5 cm³/mol. The maximum atomic E-state index is 13.8. The Bertz CT molecular complexity index is 597. The van der Waals surface area contributed by atoms with E-state index in [1.807, 2.05) is 0 Å². The second kappa shape index (κ2) is 9.81. The van der Waals surface area contributed by atoms with Gasteiger partial charge in [0.15, 0.2) is 0 Å². The lowest BCUT2D eigenvalue weighted by atomic mass is 10.2. The summed E-state index contributed by atoms with van der Waals surface area (Å²) in [6.45, 7) is 9.86. The maximum absolute atomic E-state index is 13.8. The average molecular weight is 350 g/mol. The van der Waals surface area contributed by atoms with Gasteiger partial charge in [-0.3, -0.25) is 4.79 Å². The summed E-state index contributed by atoms with van der Waals surface area (Å²) in [7, 11) is 0. The highest BCUT2D eigenvalue weighted by Gasteiger charge is 2.17. The van der Waals surface area contributed by atoms with Gasteiger partial charge in [0.05, 0.1) is 0 Å². The Morgan fingerprint density at radius 3 is 2.60 bits per heavy atom. The van der Waals surface area contributed by atoms with Gasteiger partial charge in [-0.05, 0) is 33.3 Å². The lowest BCUT2D eigenvalue weighted by Gasteiger charge is -2.22. The van der Waals surface area contributed by atoms with E-state index >= 15 is 0 Å². The Morgan fingerprint density at radius 2 is 2.00 bits per heavy atom. The summed E-state index contributed by atoms with van der Waals surface area (Å²) in [5.41, 5.74) is -0.0926. The summed E-state index contributed by atoms with van der Waals surface area (Å²) < 4.78 is 18.9. The number of nitrogens with one attached hydrogen (secondary N) is 1. The van der Waals surface area contributed by atoms with Crippen molar-refractivity contribution in [3.05, 3.63) is 48.3 Å². The van der Waals surface area contributed by atoms with Crippen molar-refractivity contribution in [2.75, 3.05) is 13.1 Å². The van der Waals surface area contributed by atoms with Crippen LogP contribution in [0, 0.1) is 5.82 Å². The Kier molecular flexibility index (Phi) is 8.11. The van der Waals surface area contributed by atoms with Crippen molar-refractivity contribution < 1.29 is 18.7 Å². The van der Waals surface area contributed by atoms with Gasteiger partial charge in [-0.25, -0.2) is 9.18 Å². The third-order valence-corrected chi connectivity index (χ3v) is 3.26. The number of halogens is 1. The number of benzene rings is 1. The van der Waals surface area contributed by atoms with Crippen LogP contribution in [0.1, 0.15) is 39.2 Å². The first kappa shape index (κ1) is 20.7. The second-order valence-electron chi connectivity index (χ2n) is 6.69. The van der Waals surface area contributed by atoms with Crippen LogP contribution in [0.25, 0.3) is 0 Å². The van der Waals surface area contributed by atoms with Crippen molar-refractivity contribution in [2.24, 2.45) is 0 Å². The molecule has 0 atom stereocenters. The predicted octanol–water partition coefficient (Wildman–Crippen LogP) is 3.65. The molecule has 0 heterocycles. The number of alkyl carbamates (subject to hydrolysis) is 1. The summed E-state index contributed by atoms with van der Waals surface area (Å²) in [6.07, 6.45) is 1.83. The number of ether oxygens (including phenoxy) is 1. The van der Waals surface area contributed by atoms with Crippen LogP contribution in [-0.4, -0.2) is 35.6 Å². The number of carbonyl (C=O) groups excluding carboxylic acids is 2. The van der Waals surface area contributed by atoms with E-state index in [1.165, 1.54) is 6.07 Å². The molecule has 5 nitrogen and oxygen atoms in total. The number of rotatable bonds is 8. The molecule has 6 heteroatoms.